The molecule has 0 unspecified atom stereocenters. The molecule has 0 spiro atoms. The van der Waals surface area contributed by atoms with Crippen LogP contribution in [0.15, 0.2) is 30.5 Å². The first kappa shape index (κ1) is 19.9. The highest BCUT2D eigenvalue weighted by Crippen LogP contribution is 2.22. The van der Waals surface area contributed by atoms with Crippen LogP contribution in [0.1, 0.15) is 24.2 Å². The summed E-state index contributed by atoms with van der Waals surface area (Å²) in [6, 6.07) is 7.09. The highest BCUT2D eigenvalue weighted by atomic mass is 35.5. The maximum Gasteiger partial charge on any atom is 0.253 e. The number of hydrogen-bond acceptors (Lipinski definition) is 3. The molecule has 1 aromatic carbocycles. The fourth-order valence-electron chi connectivity index (χ4n) is 1.73. The summed E-state index contributed by atoms with van der Waals surface area (Å²) in [7, 11) is 0. The number of rotatable bonds is 3. The first-order valence-electron chi connectivity index (χ1n) is 5.98. The maximum absolute atomic E-state index is 12.2. The van der Waals surface area contributed by atoms with Crippen molar-refractivity contribution in [2.45, 2.75) is 19.4 Å². The van der Waals surface area contributed by atoms with Gasteiger partial charge in [-0.2, -0.15) is 0 Å². The summed E-state index contributed by atoms with van der Waals surface area (Å²) in [4.78, 5) is 16.4. The highest BCUT2D eigenvalue weighted by Gasteiger charge is 2.16. The lowest BCUT2D eigenvalue weighted by atomic mass is 10.1. The van der Waals surface area contributed by atoms with E-state index >= 15 is 0 Å². The normalized spacial score (nSPS) is 10.5. The Morgan fingerprint density at radius 3 is 2.67 bits per heavy atom. The molecule has 3 N–H and O–H groups in total. The number of amides is 1. The number of nitrogens with two attached hydrogens (primary N) is 1. The maximum atomic E-state index is 12.2. The molecule has 0 aliphatic rings. The quantitative estimate of drug-likeness (QED) is 0.893. The van der Waals surface area contributed by atoms with Gasteiger partial charge in [0, 0.05) is 28.7 Å². The number of carbonyl (C=O) groups excluding carboxylic acids is 1. The van der Waals surface area contributed by atoms with Gasteiger partial charge < -0.3 is 11.1 Å². The zero-order valence-corrected chi connectivity index (χ0v) is 14.1. The molecular formula is C14H18Cl3N3O. The number of pyridine rings is 1. The average molecular weight is 351 g/mol. The lowest BCUT2D eigenvalue weighted by Gasteiger charge is -2.19. The summed E-state index contributed by atoms with van der Waals surface area (Å²) in [5.41, 5.74) is 6.49. The molecule has 21 heavy (non-hydrogen) atoms. The van der Waals surface area contributed by atoms with Crippen LogP contribution in [0.2, 0.25) is 5.02 Å². The van der Waals surface area contributed by atoms with Gasteiger partial charge in [-0.05, 0) is 32.0 Å². The zero-order chi connectivity index (χ0) is 14.0. The van der Waals surface area contributed by atoms with Gasteiger partial charge in [-0.15, -0.1) is 24.8 Å². The zero-order valence-electron chi connectivity index (χ0n) is 11.7. The van der Waals surface area contributed by atoms with E-state index < -0.39 is 5.54 Å². The lowest BCUT2D eigenvalue weighted by molar-refractivity contribution is 0.0947. The van der Waals surface area contributed by atoms with Crippen LogP contribution in [0.5, 0.6) is 0 Å². The number of hydrogen-bond donors (Lipinski definition) is 2. The van der Waals surface area contributed by atoms with Crippen LogP contribution < -0.4 is 11.1 Å². The smallest absolute Gasteiger partial charge is 0.253 e. The molecule has 2 aromatic rings. The van der Waals surface area contributed by atoms with Crippen molar-refractivity contribution in [3.8, 4) is 0 Å². The number of aromatic nitrogens is 1. The van der Waals surface area contributed by atoms with Crippen molar-refractivity contribution in [3.05, 3.63) is 41.0 Å². The molecule has 0 atom stereocenters. The summed E-state index contributed by atoms with van der Waals surface area (Å²) < 4.78 is 0. The van der Waals surface area contributed by atoms with Crippen molar-refractivity contribution >= 4 is 53.2 Å². The third-order valence-electron chi connectivity index (χ3n) is 2.62. The second-order valence-corrected chi connectivity index (χ2v) is 5.64. The molecule has 0 aliphatic heterocycles. The van der Waals surface area contributed by atoms with E-state index in [1.54, 1.807) is 18.3 Å². The molecule has 0 saturated carbocycles. The number of nitrogens with zero attached hydrogens (tertiary/aromatic N) is 1. The predicted molar refractivity (Wildman–Crippen MR) is 91.8 cm³/mol. The molecule has 1 amide bonds. The Bertz CT molecular complexity index is 626. The largest absolute Gasteiger partial charge is 0.350 e. The van der Waals surface area contributed by atoms with Gasteiger partial charge in [0.05, 0.1) is 11.1 Å². The van der Waals surface area contributed by atoms with Crippen molar-refractivity contribution in [3.63, 3.8) is 0 Å². The minimum absolute atomic E-state index is 0. The van der Waals surface area contributed by atoms with E-state index in [9.17, 15) is 4.79 Å². The first-order valence-corrected chi connectivity index (χ1v) is 6.36. The number of carbonyl (C=O) groups is 1. The van der Waals surface area contributed by atoms with Crippen molar-refractivity contribution in [2.75, 3.05) is 6.54 Å². The summed E-state index contributed by atoms with van der Waals surface area (Å²) in [6.45, 7) is 4.08. The minimum atomic E-state index is -0.461. The monoisotopic (exact) mass is 349 g/mol. The van der Waals surface area contributed by atoms with Crippen LogP contribution in [0.4, 0.5) is 0 Å². The van der Waals surface area contributed by atoms with Crippen molar-refractivity contribution in [1.82, 2.24) is 10.3 Å². The Morgan fingerprint density at radius 1 is 1.38 bits per heavy atom. The van der Waals surface area contributed by atoms with E-state index in [1.807, 2.05) is 26.0 Å². The van der Waals surface area contributed by atoms with Gasteiger partial charge in [0.2, 0.25) is 0 Å². The predicted octanol–water partition coefficient (Wildman–Crippen LogP) is 3.20. The molecule has 4 nitrogen and oxygen atoms in total. The molecule has 0 aliphatic carbocycles. The molecule has 7 heteroatoms. The van der Waals surface area contributed by atoms with E-state index in [0.29, 0.717) is 22.6 Å². The topological polar surface area (TPSA) is 68.0 Å². The second-order valence-electron chi connectivity index (χ2n) is 5.20. The summed E-state index contributed by atoms with van der Waals surface area (Å²) in [6.07, 6.45) is 1.65. The Hall–Kier alpha value is -1.07. The van der Waals surface area contributed by atoms with Crippen LogP contribution in [0.3, 0.4) is 0 Å². The molecular weight excluding hydrogens is 333 g/mol. The molecule has 0 fully saturated rings. The molecule has 0 saturated heterocycles. The number of nitrogens with one attached hydrogen (secondary N) is 1. The van der Waals surface area contributed by atoms with Crippen LogP contribution in [-0.2, 0) is 0 Å². The standard InChI is InChI=1S/C14H16ClN3O.2ClH/c1-14(2,16)8-18-13(19)11-7-10(15)6-9-4-3-5-17-12(9)11;;/h3-7H,8,16H2,1-2H3,(H,18,19);2*1H. The van der Waals surface area contributed by atoms with E-state index in [2.05, 4.69) is 10.3 Å². The number of halogens is 3. The average Bonchev–Trinajstić information content (AvgIpc) is 2.34. The van der Waals surface area contributed by atoms with E-state index in [-0.39, 0.29) is 30.7 Å². The Kier molecular flexibility index (Phi) is 7.40. The first-order chi connectivity index (χ1) is 8.87. The summed E-state index contributed by atoms with van der Waals surface area (Å²) in [5.74, 6) is -0.218. The summed E-state index contributed by atoms with van der Waals surface area (Å²) in [5, 5.41) is 4.15. The Labute approximate surface area is 141 Å². The van der Waals surface area contributed by atoms with Gasteiger partial charge >= 0.3 is 0 Å². The molecule has 116 valence electrons. The second kappa shape index (κ2) is 7.80. The van der Waals surface area contributed by atoms with Gasteiger partial charge in [-0.3, -0.25) is 9.78 Å². The molecule has 2 rings (SSSR count). The highest BCUT2D eigenvalue weighted by molar-refractivity contribution is 6.32. The molecule has 1 aromatic heterocycles. The van der Waals surface area contributed by atoms with Gasteiger partial charge in [0.25, 0.3) is 5.91 Å². The van der Waals surface area contributed by atoms with E-state index in [0.717, 1.165) is 5.39 Å². The van der Waals surface area contributed by atoms with E-state index in [1.165, 1.54) is 0 Å². The fraction of sp³-hybridized carbons (Fsp3) is 0.286. The van der Waals surface area contributed by atoms with Crippen molar-refractivity contribution < 1.29 is 4.79 Å². The Morgan fingerprint density at radius 2 is 2.05 bits per heavy atom. The fourth-order valence-corrected chi connectivity index (χ4v) is 1.96. The number of benzene rings is 1. The van der Waals surface area contributed by atoms with Crippen molar-refractivity contribution in [2.24, 2.45) is 5.73 Å². The Balaban J connectivity index is 0.00000200. The summed E-state index contributed by atoms with van der Waals surface area (Å²) >= 11 is 6.03. The van der Waals surface area contributed by atoms with Gasteiger partial charge in [0.15, 0.2) is 0 Å². The van der Waals surface area contributed by atoms with Gasteiger partial charge in [-0.1, -0.05) is 17.7 Å². The minimum Gasteiger partial charge on any atom is -0.350 e. The molecule has 0 radical (unpaired) electrons. The van der Waals surface area contributed by atoms with Crippen molar-refractivity contribution in [1.29, 1.82) is 0 Å². The van der Waals surface area contributed by atoms with Crippen LogP contribution in [0.25, 0.3) is 10.9 Å². The third-order valence-corrected chi connectivity index (χ3v) is 2.84. The van der Waals surface area contributed by atoms with Gasteiger partial charge in [-0.25, -0.2) is 0 Å². The SMILES string of the molecule is CC(C)(N)CNC(=O)c1cc(Cl)cc2cccnc12.Cl.Cl. The molecule has 0 bridgehead atoms. The van der Waals surface area contributed by atoms with Gasteiger partial charge in [0.1, 0.15) is 0 Å². The third kappa shape index (κ3) is 5.32. The molecule has 1 heterocycles. The van der Waals surface area contributed by atoms with E-state index in [4.69, 9.17) is 17.3 Å². The lowest BCUT2D eigenvalue weighted by Crippen LogP contribution is -2.45. The number of fused-ring (bicyclic) bond motifs is 1. The van der Waals surface area contributed by atoms with Crippen LogP contribution in [-0.4, -0.2) is 23.0 Å². The van der Waals surface area contributed by atoms with Crippen LogP contribution in [0, 0.1) is 0 Å². The van der Waals surface area contributed by atoms with Crippen LogP contribution >= 0.6 is 36.4 Å².